The zero-order chi connectivity index (χ0) is 15.2. The van der Waals surface area contributed by atoms with Crippen molar-refractivity contribution in [2.24, 2.45) is 0 Å². The Morgan fingerprint density at radius 2 is 1.90 bits per heavy atom. The fourth-order valence-corrected chi connectivity index (χ4v) is 2.11. The van der Waals surface area contributed by atoms with E-state index in [1.54, 1.807) is 13.0 Å². The normalized spacial score (nSPS) is 12.0. The number of rotatable bonds is 5. The number of benzene rings is 2. The van der Waals surface area contributed by atoms with E-state index >= 15 is 0 Å². The molecular weight excluding hydrogens is 262 g/mol. The van der Waals surface area contributed by atoms with Crippen molar-refractivity contribution in [2.45, 2.75) is 32.8 Å². The first-order valence-electron chi connectivity index (χ1n) is 7.18. The van der Waals surface area contributed by atoms with E-state index in [0.29, 0.717) is 6.42 Å². The minimum absolute atomic E-state index is 0.0154. The quantitative estimate of drug-likeness (QED) is 0.880. The number of anilines is 1. The monoisotopic (exact) mass is 283 g/mol. The summed E-state index contributed by atoms with van der Waals surface area (Å²) in [6.07, 6.45) is 0.638. The first kappa shape index (κ1) is 15.3. The van der Waals surface area contributed by atoms with Crippen molar-refractivity contribution in [2.75, 3.05) is 5.32 Å². The third-order valence-electron chi connectivity index (χ3n) is 3.41. The lowest BCUT2D eigenvalue weighted by molar-refractivity contribution is -0.116. The Labute approximate surface area is 125 Å². The lowest BCUT2D eigenvalue weighted by atomic mass is 10.1. The molecule has 21 heavy (non-hydrogen) atoms. The molecule has 3 heteroatoms. The second-order valence-corrected chi connectivity index (χ2v) is 5.34. The Balaban J connectivity index is 1.89. The number of aryl methyl sites for hydroxylation is 2. The van der Waals surface area contributed by atoms with Gasteiger partial charge in [0.25, 0.3) is 0 Å². The maximum Gasteiger partial charge on any atom is 0.224 e. The fraction of sp³-hybridized carbons (Fsp3) is 0.278. The summed E-state index contributed by atoms with van der Waals surface area (Å²) in [5.74, 6) is -0.0154. The van der Waals surface area contributed by atoms with E-state index in [4.69, 9.17) is 0 Å². The highest BCUT2D eigenvalue weighted by Gasteiger charge is 2.05. The molecule has 110 valence electrons. The molecule has 2 aromatic rings. The lowest BCUT2D eigenvalue weighted by Gasteiger charge is -2.09. The van der Waals surface area contributed by atoms with Crippen LogP contribution in [0.1, 0.15) is 36.1 Å². The molecule has 0 spiro atoms. The van der Waals surface area contributed by atoms with Gasteiger partial charge in [-0.3, -0.25) is 4.79 Å². The summed E-state index contributed by atoms with van der Waals surface area (Å²) in [5, 5.41) is 12.4. The van der Waals surface area contributed by atoms with Gasteiger partial charge in [-0.2, -0.15) is 0 Å². The molecular formula is C18H21NO2. The summed E-state index contributed by atoms with van der Waals surface area (Å²) in [6.45, 7) is 3.75. The van der Waals surface area contributed by atoms with Gasteiger partial charge in [0.1, 0.15) is 0 Å². The van der Waals surface area contributed by atoms with Gasteiger partial charge in [0, 0.05) is 12.1 Å². The average molecular weight is 283 g/mol. The summed E-state index contributed by atoms with van der Waals surface area (Å²) < 4.78 is 0. The highest BCUT2D eigenvalue weighted by Crippen LogP contribution is 2.17. The minimum atomic E-state index is -0.533. The molecule has 0 aliphatic rings. The number of amides is 1. The maximum atomic E-state index is 12.0. The highest BCUT2D eigenvalue weighted by molar-refractivity contribution is 5.90. The SMILES string of the molecule is Cc1ccc(CCC(=O)Nc2cccc(C(C)O)c2)cc1. The molecule has 2 rings (SSSR count). The predicted octanol–water partition coefficient (Wildman–Crippen LogP) is 3.62. The van der Waals surface area contributed by atoms with Crippen LogP contribution in [-0.2, 0) is 11.2 Å². The van der Waals surface area contributed by atoms with Gasteiger partial charge >= 0.3 is 0 Å². The Bertz CT molecular complexity index is 603. The molecule has 0 saturated carbocycles. The molecule has 0 aliphatic heterocycles. The van der Waals surface area contributed by atoms with E-state index in [0.717, 1.165) is 23.2 Å². The Kier molecular flexibility index (Phi) is 5.12. The van der Waals surface area contributed by atoms with Crippen molar-refractivity contribution in [1.29, 1.82) is 0 Å². The van der Waals surface area contributed by atoms with Crippen LogP contribution in [0.25, 0.3) is 0 Å². The van der Waals surface area contributed by atoms with E-state index in [9.17, 15) is 9.90 Å². The van der Waals surface area contributed by atoms with Crippen LogP contribution < -0.4 is 5.32 Å². The largest absolute Gasteiger partial charge is 0.389 e. The first-order valence-corrected chi connectivity index (χ1v) is 7.18. The molecule has 0 bridgehead atoms. The van der Waals surface area contributed by atoms with Gasteiger partial charge in [-0.05, 0) is 43.5 Å². The van der Waals surface area contributed by atoms with Crippen molar-refractivity contribution in [3.05, 3.63) is 65.2 Å². The summed E-state index contributed by atoms with van der Waals surface area (Å²) >= 11 is 0. The molecule has 1 atom stereocenters. The fourth-order valence-electron chi connectivity index (χ4n) is 2.11. The zero-order valence-corrected chi connectivity index (χ0v) is 12.5. The summed E-state index contributed by atoms with van der Waals surface area (Å²) in [4.78, 5) is 12.0. The van der Waals surface area contributed by atoms with Crippen LogP contribution in [0.15, 0.2) is 48.5 Å². The Morgan fingerprint density at radius 3 is 2.57 bits per heavy atom. The molecule has 0 aliphatic carbocycles. The van der Waals surface area contributed by atoms with Crippen molar-refractivity contribution < 1.29 is 9.90 Å². The van der Waals surface area contributed by atoms with Crippen LogP contribution in [0.4, 0.5) is 5.69 Å². The molecule has 0 aromatic heterocycles. The van der Waals surface area contributed by atoms with Gasteiger partial charge in [-0.25, -0.2) is 0 Å². The molecule has 0 fully saturated rings. The van der Waals surface area contributed by atoms with Crippen LogP contribution in [-0.4, -0.2) is 11.0 Å². The zero-order valence-electron chi connectivity index (χ0n) is 12.5. The average Bonchev–Trinajstić information content (AvgIpc) is 2.47. The maximum absolute atomic E-state index is 12.0. The number of carbonyl (C=O) groups excluding carboxylic acids is 1. The number of aliphatic hydroxyl groups is 1. The van der Waals surface area contributed by atoms with Crippen molar-refractivity contribution >= 4 is 11.6 Å². The summed E-state index contributed by atoms with van der Waals surface area (Å²) in [5.41, 5.74) is 3.90. The van der Waals surface area contributed by atoms with E-state index in [-0.39, 0.29) is 5.91 Å². The Hall–Kier alpha value is -2.13. The molecule has 3 nitrogen and oxygen atoms in total. The minimum Gasteiger partial charge on any atom is -0.389 e. The summed E-state index contributed by atoms with van der Waals surface area (Å²) in [6, 6.07) is 15.5. The summed E-state index contributed by atoms with van der Waals surface area (Å²) in [7, 11) is 0. The molecule has 1 unspecified atom stereocenters. The van der Waals surface area contributed by atoms with Crippen LogP contribution in [0.2, 0.25) is 0 Å². The molecule has 0 radical (unpaired) electrons. The van der Waals surface area contributed by atoms with Crippen LogP contribution in [0.3, 0.4) is 0 Å². The van der Waals surface area contributed by atoms with Gasteiger partial charge in [-0.15, -0.1) is 0 Å². The number of hydrogen-bond acceptors (Lipinski definition) is 2. The second-order valence-electron chi connectivity index (χ2n) is 5.34. The van der Waals surface area contributed by atoms with Gasteiger partial charge in [0.15, 0.2) is 0 Å². The van der Waals surface area contributed by atoms with Crippen molar-refractivity contribution in [3.63, 3.8) is 0 Å². The number of aliphatic hydroxyl groups excluding tert-OH is 1. The second kappa shape index (κ2) is 7.04. The number of carbonyl (C=O) groups is 1. The van der Waals surface area contributed by atoms with Gasteiger partial charge in [-0.1, -0.05) is 42.0 Å². The highest BCUT2D eigenvalue weighted by atomic mass is 16.3. The smallest absolute Gasteiger partial charge is 0.224 e. The Morgan fingerprint density at radius 1 is 1.19 bits per heavy atom. The molecule has 0 heterocycles. The topological polar surface area (TPSA) is 49.3 Å². The molecule has 2 N–H and O–H groups in total. The van der Waals surface area contributed by atoms with Gasteiger partial charge in [0.05, 0.1) is 6.10 Å². The molecule has 0 saturated heterocycles. The van der Waals surface area contributed by atoms with Crippen molar-refractivity contribution in [1.82, 2.24) is 0 Å². The van der Waals surface area contributed by atoms with Gasteiger partial charge < -0.3 is 10.4 Å². The van der Waals surface area contributed by atoms with E-state index in [2.05, 4.69) is 29.6 Å². The van der Waals surface area contributed by atoms with Crippen LogP contribution >= 0.6 is 0 Å². The van der Waals surface area contributed by atoms with E-state index in [1.165, 1.54) is 5.56 Å². The third-order valence-corrected chi connectivity index (χ3v) is 3.41. The number of nitrogens with one attached hydrogen (secondary N) is 1. The van der Waals surface area contributed by atoms with Crippen LogP contribution in [0.5, 0.6) is 0 Å². The van der Waals surface area contributed by atoms with E-state index < -0.39 is 6.10 Å². The lowest BCUT2D eigenvalue weighted by Crippen LogP contribution is -2.12. The first-order chi connectivity index (χ1) is 10.0. The van der Waals surface area contributed by atoms with Crippen molar-refractivity contribution in [3.8, 4) is 0 Å². The molecule has 1 amide bonds. The van der Waals surface area contributed by atoms with Crippen LogP contribution in [0, 0.1) is 6.92 Å². The molecule has 2 aromatic carbocycles. The van der Waals surface area contributed by atoms with E-state index in [1.807, 2.05) is 25.1 Å². The third kappa shape index (κ3) is 4.72. The van der Waals surface area contributed by atoms with Gasteiger partial charge in [0.2, 0.25) is 5.91 Å². The number of hydrogen-bond donors (Lipinski definition) is 2. The standard InChI is InChI=1S/C18H21NO2/c1-13-6-8-15(9-7-13)10-11-18(21)19-17-5-3-4-16(12-17)14(2)20/h3-9,12,14,20H,10-11H2,1-2H3,(H,19,21). The predicted molar refractivity (Wildman–Crippen MR) is 85.2 cm³/mol.